The molecule has 1 N–H and O–H groups in total. The number of hydrogen-bond donors (Lipinski definition) is 1. The van der Waals surface area contributed by atoms with Crippen molar-refractivity contribution in [3.63, 3.8) is 0 Å². The van der Waals surface area contributed by atoms with Gasteiger partial charge in [-0.15, -0.1) is 0 Å². The first-order valence-corrected chi connectivity index (χ1v) is 8.88. The lowest BCUT2D eigenvalue weighted by molar-refractivity contribution is -0.387. The number of carbonyl (C=O) groups is 1. The maximum atomic E-state index is 13.7. The normalized spacial score (nSPS) is 16.3. The predicted molar refractivity (Wildman–Crippen MR) is 92.0 cm³/mol. The molecule has 26 heavy (non-hydrogen) atoms. The third-order valence-electron chi connectivity index (χ3n) is 4.49. The molecule has 2 aromatic rings. The van der Waals surface area contributed by atoms with Gasteiger partial charge in [0.1, 0.15) is 5.54 Å². The molecule has 0 aliphatic heterocycles. The highest BCUT2D eigenvalue weighted by Gasteiger charge is 2.40. The first-order chi connectivity index (χ1) is 12.3. The third kappa shape index (κ3) is 3.46. The Bertz CT molecular complexity index is 864. The first kappa shape index (κ1) is 18.4. The standard InChI is InChI=1S/C16H16BrFN4O4/c1-9-19-15(21-26-9)16(5-3-2-4-6-16)20-14(23)10-7-13(22(24)25)12(18)8-11(10)17/h7-8H,2-6H2,1H3,(H,20,23). The van der Waals surface area contributed by atoms with E-state index in [4.69, 9.17) is 4.52 Å². The molecule has 1 fully saturated rings. The summed E-state index contributed by atoms with van der Waals surface area (Å²) in [6.07, 6.45) is 4.02. The van der Waals surface area contributed by atoms with Gasteiger partial charge in [0.05, 0.1) is 10.5 Å². The number of halogens is 2. The molecule has 0 bridgehead atoms. The summed E-state index contributed by atoms with van der Waals surface area (Å²) in [5.41, 5.74) is -1.59. The zero-order chi connectivity index (χ0) is 18.9. The fourth-order valence-corrected chi connectivity index (χ4v) is 3.69. The Hall–Kier alpha value is -2.36. The molecule has 8 nitrogen and oxygen atoms in total. The predicted octanol–water partition coefficient (Wildman–Crippen LogP) is 3.78. The second-order valence-electron chi connectivity index (χ2n) is 6.27. The lowest BCUT2D eigenvalue weighted by atomic mass is 9.80. The minimum atomic E-state index is -1.01. The number of carbonyl (C=O) groups excluding carboxylic acids is 1. The molecule has 0 radical (unpaired) electrons. The van der Waals surface area contributed by atoms with Crippen molar-refractivity contribution in [2.45, 2.75) is 44.6 Å². The monoisotopic (exact) mass is 426 g/mol. The maximum Gasteiger partial charge on any atom is 0.305 e. The van der Waals surface area contributed by atoms with Gasteiger partial charge < -0.3 is 9.84 Å². The van der Waals surface area contributed by atoms with E-state index in [-0.39, 0.29) is 10.0 Å². The van der Waals surface area contributed by atoms with Crippen LogP contribution in [0.1, 0.15) is 54.2 Å². The van der Waals surface area contributed by atoms with E-state index in [0.717, 1.165) is 31.4 Å². The van der Waals surface area contributed by atoms with Gasteiger partial charge in [-0.1, -0.05) is 24.4 Å². The van der Waals surface area contributed by atoms with Crippen LogP contribution in [0.15, 0.2) is 21.1 Å². The summed E-state index contributed by atoms with van der Waals surface area (Å²) >= 11 is 3.10. The van der Waals surface area contributed by atoms with Gasteiger partial charge >= 0.3 is 5.69 Å². The van der Waals surface area contributed by atoms with E-state index in [9.17, 15) is 19.3 Å². The molecule has 1 saturated carbocycles. The van der Waals surface area contributed by atoms with Crippen LogP contribution >= 0.6 is 15.9 Å². The average Bonchev–Trinajstić information content (AvgIpc) is 3.02. The molecule has 138 valence electrons. The van der Waals surface area contributed by atoms with Crippen LogP contribution < -0.4 is 5.32 Å². The van der Waals surface area contributed by atoms with Crippen molar-refractivity contribution >= 4 is 27.5 Å². The number of hydrogen-bond acceptors (Lipinski definition) is 6. The molecule has 1 amide bonds. The van der Waals surface area contributed by atoms with Crippen molar-refractivity contribution in [3.05, 3.63) is 49.8 Å². The number of nitro benzene ring substituents is 1. The van der Waals surface area contributed by atoms with E-state index >= 15 is 0 Å². The molecule has 1 aromatic heterocycles. The molecule has 1 aromatic carbocycles. The Morgan fingerprint density at radius 3 is 2.65 bits per heavy atom. The van der Waals surface area contributed by atoms with E-state index in [1.807, 2.05) is 0 Å². The van der Waals surface area contributed by atoms with Gasteiger partial charge in [-0.05, 0) is 34.8 Å². The molecule has 0 saturated heterocycles. The number of amides is 1. The fraction of sp³-hybridized carbons (Fsp3) is 0.438. The first-order valence-electron chi connectivity index (χ1n) is 8.09. The number of nitrogens with one attached hydrogen (secondary N) is 1. The molecule has 1 aliphatic rings. The lowest BCUT2D eigenvalue weighted by Crippen LogP contribution is -2.48. The third-order valence-corrected chi connectivity index (χ3v) is 5.15. The summed E-state index contributed by atoms with van der Waals surface area (Å²) < 4.78 is 18.9. The van der Waals surface area contributed by atoms with Crippen LogP contribution in [0.25, 0.3) is 0 Å². The van der Waals surface area contributed by atoms with E-state index in [1.54, 1.807) is 6.92 Å². The van der Waals surface area contributed by atoms with Crippen LogP contribution in [-0.4, -0.2) is 21.0 Å². The molecule has 1 heterocycles. The summed E-state index contributed by atoms with van der Waals surface area (Å²) in [7, 11) is 0. The Balaban J connectivity index is 1.96. The average molecular weight is 427 g/mol. The molecule has 3 rings (SSSR count). The molecular formula is C16H16BrFN4O4. The number of aromatic nitrogens is 2. The second-order valence-corrected chi connectivity index (χ2v) is 7.13. The fourth-order valence-electron chi connectivity index (χ4n) is 3.19. The van der Waals surface area contributed by atoms with Crippen molar-refractivity contribution in [1.82, 2.24) is 15.5 Å². The summed E-state index contributed by atoms with van der Waals surface area (Å²) in [6, 6.07) is 1.84. The van der Waals surface area contributed by atoms with E-state index in [1.165, 1.54) is 0 Å². The van der Waals surface area contributed by atoms with E-state index < -0.39 is 27.9 Å². The highest BCUT2D eigenvalue weighted by Crippen LogP contribution is 2.36. The summed E-state index contributed by atoms with van der Waals surface area (Å²) in [4.78, 5) is 27.2. The van der Waals surface area contributed by atoms with Crippen LogP contribution in [0.3, 0.4) is 0 Å². The molecular weight excluding hydrogens is 411 g/mol. The van der Waals surface area contributed by atoms with Gasteiger partial charge in [0.2, 0.25) is 11.7 Å². The van der Waals surface area contributed by atoms with Crippen molar-refractivity contribution in [2.75, 3.05) is 0 Å². The minimum absolute atomic E-state index is 0.0248. The van der Waals surface area contributed by atoms with Gasteiger partial charge in [0.15, 0.2) is 5.82 Å². The zero-order valence-corrected chi connectivity index (χ0v) is 15.5. The Morgan fingerprint density at radius 2 is 2.08 bits per heavy atom. The number of nitrogens with zero attached hydrogens (tertiary/aromatic N) is 3. The van der Waals surface area contributed by atoms with Crippen molar-refractivity contribution in [1.29, 1.82) is 0 Å². The number of nitro groups is 1. The van der Waals surface area contributed by atoms with Gasteiger partial charge in [-0.3, -0.25) is 14.9 Å². The Labute approximate surface area is 156 Å². The Morgan fingerprint density at radius 1 is 1.38 bits per heavy atom. The SMILES string of the molecule is Cc1nc(C2(NC(=O)c3cc([N+](=O)[O-])c(F)cc3Br)CCCCC2)no1. The van der Waals surface area contributed by atoms with Crippen LogP contribution in [0.4, 0.5) is 10.1 Å². The van der Waals surface area contributed by atoms with Crippen molar-refractivity contribution < 1.29 is 18.6 Å². The smallest absolute Gasteiger partial charge is 0.305 e. The molecule has 0 spiro atoms. The van der Waals surface area contributed by atoms with Crippen molar-refractivity contribution in [2.24, 2.45) is 0 Å². The second kappa shape index (κ2) is 7.10. The lowest BCUT2D eigenvalue weighted by Gasteiger charge is -2.35. The highest BCUT2D eigenvalue weighted by atomic mass is 79.9. The summed E-state index contributed by atoms with van der Waals surface area (Å²) in [5, 5.41) is 17.8. The van der Waals surface area contributed by atoms with Crippen LogP contribution in [-0.2, 0) is 5.54 Å². The van der Waals surface area contributed by atoms with Gasteiger partial charge in [-0.2, -0.15) is 9.37 Å². The topological polar surface area (TPSA) is 111 Å². The van der Waals surface area contributed by atoms with Gasteiger partial charge in [-0.25, -0.2) is 0 Å². The van der Waals surface area contributed by atoms with Crippen LogP contribution in [0, 0.1) is 22.9 Å². The number of rotatable bonds is 4. The summed E-state index contributed by atoms with van der Waals surface area (Å²) in [6.45, 7) is 1.66. The largest absolute Gasteiger partial charge is 0.340 e. The number of benzene rings is 1. The molecule has 10 heteroatoms. The highest BCUT2D eigenvalue weighted by molar-refractivity contribution is 9.10. The maximum absolute atomic E-state index is 13.7. The quantitative estimate of drug-likeness (QED) is 0.587. The van der Waals surface area contributed by atoms with Gasteiger partial charge in [0.25, 0.3) is 5.91 Å². The summed E-state index contributed by atoms with van der Waals surface area (Å²) in [5.74, 6) is -0.808. The zero-order valence-electron chi connectivity index (χ0n) is 13.9. The molecule has 0 atom stereocenters. The Kier molecular flexibility index (Phi) is 5.03. The van der Waals surface area contributed by atoms with E-state index in [0.29, 0.717) is 24.6 Å². The van der Waals surface area contributed by atoms with Gasteiger partial charge in [0, 0.05) is 17.5 Å². The minimum Gasteiger partial charge on any atom is -0.340 e. The van der Waals surface area contributed by atoms with Crippen molar-refractivity contribution in [3.8, 4) is 0 Å². The van der Waals surface area contributed by atoms with Crippen LogP contribution in [0.2, 0.25) is 0 Å². The number of aryl methyl sites for hydroxylation is 1. The molecule has 1 aliphatic carbocycles. The molecule has 0 unspecified atom stereocenters. The van der Waals surface area contributed by atoms with Crippen LogP contribution in [0.5, 0.6) is 0 Å². The van der Waals surface area contributed by atoms with E-state index in [2.05, 4.69) is 31.4 Å².